The lowest BCUT2D eigenvalue weighted by Crippen LogP contribution is -2.40. The van der Waals surface area contributed by atoms with Gasteiger partial charge in [0, 0.05) is 6.20 Å². The number of alkyl halides is 3. The first-order valence-electron chi connectivity index (χ1n) is 7.58. The predicted molar refractivity (Wildman–Crippen MR) is 76.2 cm³/mol. The highest BCUT2D eigenvalue weighted by molar-refractivity contribution is 5.70. The zero-order chi connectivity index (χ0) is 18.0. The summed E-state index contributed by atoms with van der Waals surface area (Å²) in [6.07, 6.45) is -4.24. The number of ether oxygens (including phenoxy) is 3. The Kier molecular flexibility index (Phi) is 4.95. The van der Waals surface area contributed by atoms with Crippen molar-refractivity contribution in [3.8, 4) is 5.88 Å². The van der Waals surface area contributed by atoms with Crippen molar-refractivity contribution >= 4 is 11.9 Å². The van der Waals surface area contributed by atoms with Gasteiger partial charge in [-0.25, -0.2) is 4.98 Å². The maximum Gasteiger partial charge on any atom is 0.423 e. The number of nitrogens with one attached hydrogen (secondary N) is 1. The molecule has 25 heavy (non-hydrogen) atoms. The average Bonchev–Trinajstić information content (AvgIpc) is 2.50. The topological polar surface area (TPSA) is 103 Å². The zero-order valence-electron chi connectivity index (χ0n) is 13.0. The van der Waals surface area contributed by atoms with Crippen LogP contribution in [0.3, 0.4) is 0 Å². The summed E-state index contributed by atoms with van der Waals surface area (Å²) in [6, 6.07) is -0.425. The van der Waals surface area contributed by atoms with Crippen molar-refractivity contribution in [3.63, 3.8) is 0 Å². The van der Waals surface area contributed by atoms with Crippen LogP contribution in [0.25, 0.3) is 0 Å². The molecule has 2 aliphatic heterocycles. The maximum absolute atomic E-state index is 13.1. The van der Waals surface area contributed by atoms with Gasteiger partial charge in [-0.2, -0.15) is 18.2 Å². The van der Waals surface area contributed by atoms with E-state index in [0.717, 1.165) is 0 Å². The number of halogens is 3. The van der Waals surface area contributed by atoms with E-state index in [-0.39, 0.29) is 38.8 Å². The molecule has 3 rings (SSSR count). The van der Waals surface area contributed by atoms with Crippen LogP contribution in [0, 0.1) is 5.92 Å². The normalized spacial score (nSPS) is 24.4. The quantitative estimate of drug-likeness (QED) is 0.804. The van der Waals surface area contributed by atoms with Crippen LogP contribution in [0.4, 0.5) is 19.1 Å². The van der Waals surface area contributed by atoms with Gasteiger partial charge in [-0.1, -0.05) is 0 Å². The molecule has 11 heteroatoms. The van der Waals surface area contributed by atoms with E-state index in [9.17, 15) is 18.0 Å². The molecule has 0 radical (unpaired) electrons. The van der Waals surface area contributed by atoms with E-state index in [0.29, 0.717) is 6.20 Å². The number of carbonyl (C=O) groups is 1. The summed E-state index contributed by atoms with van der Waals surface area (Å²) in [7, 11) is 0. The first kappa shape index (κ1) is 17.7. The monoisotopic (exact) mass is 363 g/mol. The highest BCUT2D eigenvalue weighted by atomic mass is 19.4. The fourth-order valence-corrected chi connectivity index (χ4v) is 2.45. The van der Waals surface area contributed by atoms with Crippen molar-refractivity contribution in [1.82, 2.24) is 9.97 Å². The lowest BCUT2D eigenvalue weighted by molar-refractivity contribution is -0.146. The molecular formula is C14H16F3N3O5. The summed E-state index contributed by atoms with van der Waals surface area (Å²) in [6.45, 7) is 0.694. The van der Waals surface area contributed by atoms with Crippen LogP contribution in [0.15, 0.2) is 6.20 Å². The minimum absolute atomic E-state index is 0.0807. The molecule has 2 aliphatic rings. The molecule has 138 valence electrons. The number of hydrogen-bond acceptors (Lipinski definition) is 7. The van der Waals surface area contributed by atoms with Crippen LogP contribution >= 0.6 is 0 Å². The van der Waals surface area contributed by atoms with Gasteiger partial charge in [0.25, 0.3) is 0 Å². The molecule has 2 unspecified atom stereocenters. The fraction of sp³-hybridized carbons (Fsp3) is 0.643. The van der Waals surface area contributed by atoms with Gasteiger partial charge in [-0.3, -0.25) is 4.79 Å². The van der Waals surface area contributed by atoms with E-state index in [1.807, 2.05) is 0 Å². The number of anilines is 1. The third kappa shape index (κ3) is 4.28. The van der Waals surface area contributed by atoms with Gasteiger partial charge in [0.05, 0.1) is 38.4 Å². The summed E-state index contributed by atoms with van der Waals surface area (Å²) < 4.78 is 54.5. The molecule has 0 spiro atoms. The average molecular weight is 363 g/mol. The molecular weight excluding hydrogens is 347 g/mol. The first-order chi connectivity index (χ1) is 11.8. The Morgan fingerprint density at radius 1 is 1.28 bits per heavy atom. The van der Waals surface area contributed by atoms with E-state index in [2.05, 4.69) is 15.3 Å². The summed E-state index contributed by atoms with van der Waals surface area (Å²) in [5, 5.41) is 11.8. The van der Waals surface area contributed by atoms with Crippen molar-refractivity contribution in [2.45, 2.75) is 24.7 Å². The van der Waals surface area contributed by atoms with Crippen molar-refractivity contribution in [1.29, 1.82) is 0 Å². The van der Waals surface area contributed by atoms with Gasteiger partial charge in [0.1, 0.15) is 11.7 Å². The second-order valence-corrected chi connectivity index (χ2v) is 5.84. The van der Waals surface area contributed by atoms with E-state index in [1.54, 1.807) is 0 Å². The van der Waals surface area contributed by atoms with Crippen molar-refractivity contribution < 1.29 is 37.3 Å². The minimum Gasteiger partial charge on any atom is -0.481 e. The van der Waals surface area contributed by atoms with E-state index < -0.39 is 41.7 Å². The summed E-state index contributed by atoms with van der Waals surface area (Å²) in [4.78, 5) is 18.5. The van der Waals surface area contributed by atoms with Crippen molar-refractivity contribution in [2.75, 3.05) is 31.7 Å². The van der Waals surface area contributed by atoms with Gasteiger partial charge in [-0.15, -0.1) is 0 Å². The van der Waals surface area contributed by atoms with E-state index in [4.69, 9.17) is 19.3 Å². The third-order valence-corrected chi connectivity index (χ3v) is 3.83. The molecule has 0 saturated carbocycles. The first-order valence-corrected chi connectivity index (χ1v) is 7.58. The maximum atomic E-state index is 13.1. The van der Waals surface area contributed by atoms with Crippen LogP contribution in [0.2, 0.25) is 0 Å². The van der Waals surface area contributed by atoms with E-state index in [1.165, 1.54) is 0 Å². The Bertz CT molecular complexity index is 639. The summed E-state index contributed by atoms with van der Waals surface area (Å²) >= 11 is 0. The lowest BCUT2D eigenvalue weighted by atomic mass is 9.99. The van der Waals surface area contributed by atoms with Crippen LogP contribution in [0.1, 0.15) is 12.0 Å². The molecule has 8 nitrogen and oxygen atoms in total. The highest BCUT2D eigenvalue weighted by Crippen LogP contribution is 2.36. The van der Waals surface area contributed by atoms with Crippen LogP contribution in [-0.4, -0.2) is 59.6 Å². The number of carboxylic acids is 1. The molecule has 2 fully saturated rings. The SMILES string of the molecule is O=C(O)C1COCC(Nc2ncc(C(F)(F)F)c(OC3COC3)n2)C1. The van der Waals surface area contributed by atoms with Crippen molar-refractivity contribution in [2.24, 2.45) is 5.92 Å². The molecule has 0 aromatic carbocycles. The zero-order valence-corrected chi connectivity index (χ0v) is 13.0. The van der Waals surface area contributed by atoms with Gasteiger partial charge in [0.15, 0.2) is 0 Å². The van der Waals surface area contributed by atoms with Gasteiger partial charge < -0.3 is 24.6 Å². The Balaban J connectivity index is 1.75. The predicted octanol–water partition coefficient (Wildman–Crippen LogP) is 1.17. The van der Waals surface area contributed by atoms with Crippen LogP contribution in [0.5, 0.6) is 5.88 Å². The molecule has 2 N–H and O–H groups in total. The number of nitrogens with zero attached hydrogens (tertiary/aromatic N) is 2. The second-order valence-electron chi connectivity index (χ2n) is 5.84. The Labute approximate surface area is 140 Å². The molecule has 1 aromatic rings. The Morgan fingerprint density at radius 3 is 2.60 bits per heavy atom. The fourth-order valence-electron chi connectivity index (χ4n) is 2.45. The van der Waals surface area contributed by atoms with Crippen molar-refractivity contribution in [3.05, 3.63) is 11.8 Å². The van der Waals surface area contributed by atoms with Gasteiger partial charge >= 0.3 is 12.1 Å². The number of aromatic nitrogens is 2. The van der Waals surface area contributed by atoms with Crippen LogP contribution < -0.4 is 10.1 Å². The van der Waals surface area contributed by atoms with Gasteiger partial charge in [0.2, 0.25) is 11.8 Å². The summed E-state index contributed by atoms with van der Waals surface area (Å²) in [5.41, 5.74) is -1.08. The third-order valence-electron chi connectivity index (χ3n) is 3.83. The summed E-state index contributed by atoms with van der Waals surface area (Å²) in [5.74, 6) is -2.34. The molecule has 2 saturated heterocycles. The molecule has 2 atom stereocenters. The lowest BCUT2D eigenvalue weighted by Gasteiger charge is -2.29. The number of carboxylic acid groups (broad SMARTS) is 1. The Morgan fingerprint density at radius 2 is 2.00 bits per heavy atom. The van der Waals surface area contributed by atoms with Gasteiger partial charge in [-0.05, 0) is 6.42 Å². The largest absolute Gasteiger partial charge is 0.481 e. The smallest absolute Gasteiger partial charge is 0.423 e. The number of hydrogen-bond donors (Lipinski definition) is 2. The molecule has 0 amide bonds. The minimum atomic E-state index is -4.65. The molecule has 0 aliphatic carbocycles. The number of rotatable bonds is 5. The molecule has 3 heterocycles. The van der Waals surface area contributed by atoms with Crippen LogP contribution in [-0.2, 0) is 20.4 Å². The number of aliphatic carboxylic acids is 1. The molecule has 1 aromatic heterocycles. The van der Waals surface area contributed by atoms with E-state index >= 15 is 0 Å². The second kappa shape index (κ2) is 7.00. The molecule has 0 bridgehead atoms. The Hall–Kier alpha value is -2.14. The standard InChI is InChI=1S/C14H16F3N3O5/c15-14(16,17)10-2-18-13(20-11(10)25-9-5-24-6-9)19-8-1-7(12(21)22)3-23-4-8/h2,7-9H,1,3-6H2,(H,21,22)(H,18,19,20). The highest BCUT2D eigenvalue weighted by Gasteiger charge is 2.38.